The largest absolute Gasteiger partial charge is 0.357 e. The van der Waals surface area contributed by atoms with Crippen molar-refractivity contribution in [1.82, 2.24) is 25.5 Å². The second-order valence-electron chi connectivity index (χ2n) is 5.08. The molecule has 8 heteroatoms. The number of aromatic amines is 2. The SMILES string of the molecule is Cc1nc(SCCNCc2cc(=O)c3cc(F)ccc3[nH]2)n[nH]1. The van der Waals surface area contributed by atoms with E-state index in [2.05, 4.69) is 25.5 Å². The molecule has 6 nitrogen and oxygen atoms in total. The van der Waals surface area contributed by atoms with E-state index in [1.165, 1.54) is 18.2 Å². The first kappa shape index (κ1) is 15.7. The van der Waals surface area contributed by atoms with Crippen LogP contribution in [0.3, 0.4) is 0 Å². The average Bonchev–Trinajstić information content (AvgIpc) is 2.93. The maximum atomic E-state index is 13.2. The third-order valence-electron chi connectivity index (χ3n) is 3.25. The van der Waals surface area contributed by atoms with Crippen molar-refractivity contribution in [3.05, 3.63) is 51.8 Å². The molecule has 0 unspecified atom stereocenters. The van der Waals surface area contributed by atoms with Gasteiger partial charge in [0.15, 0.2) is 5.43 Å². The van der Waals surface area contributed by atoms with Gasteiger partial charge in [-0.05, 0) is 25.1 Å². The van der Waals surface area contributed by atoms with E-state index in [1.807, 2.05) is 6.92 Å². The molecule has 0 aliphatic carbocycles. The van der Waals surface area contributed by atoms with Gasteiger partial charge in [0.2, 0.25) is 5.16 Å². The van der Waals surface area contributed by atoms with Crippen molar-refractivity contribution in [3.63, 3.8) is 0 Å². The molecule has 3 N–H and O–H groups in total. The minimum atomic E-state index is -0.409. The van der Waals surface area contributed by atoms with Crippen molar-refractivity contribution in [2.75, 3.05) is 12.3 Å². The molecule has 120 valence electrons. The molecule has 0 aliphatic heterocycles. The Bertz CT molecular complexity index is 876. The maximum absolute atomic E-state index is 13.2. The van der Waals surface area contributed by atoms with Gasteiger partial charge < -0.3 is 10.3 Å². The van der Waals surface area contributed by atoms with Gasteiger partial charge in [0.1, 0.15) is 11.6 Å². The molecule has 0 aliphatic rings. The summed E-state index contributed by atoms with van der Waals surface area (Å²) in [7, 11) is 0. The summed E-state index contributed by atoms with van der Waals surface area (Å²) in [4.78, 5) is 19.3. The normalized spacial score (nSPS) is 11.2. The van der Waals surface area contributed by atoms with E-state index in [1.54, 1.807) is 17.8 Å². The Morgan fingerprint density at radius 1 is 1.35 bits per heavy atom. The minimum Gasteiger partial charge on any atom is -0.357 e. The minimum absolute atomic E-state index is 0.180. The fourth-order valence-electron chi connectivity index (χ4n) is 2.19. The van der Waals surface area contributed by atoms with Crippen LogP contribution in [-0.4, -0.2) is 32.5 Å². The van der Waals surface area contributed by atoms with Gasteiger partial charge >= 0.3 is 0 Å². The molecular formula is C15H16FN5OS. The number of benzene rings is 1. The number of nitrogens with zero attached hydrogens (tertiary/aromatic N) is 2. The summed E-state index contributed by atoms with van der Waals surface area (Å²) < 4.78 is 13.2. The molecule has 1 aromatic carbocycles. The molecule has 23 heavy (non-hydrogen) atoms. The molecule has 2 heterocycles. The van der Waals surface area contributed by atoms with Gasteiger partial charge in [0.05, 0.1) is 0 Å². The first-order valence-corrected chi connectivity index (χ1v) is 8.14. The predicted molar refractivity (Wildman–Crippen MR) is 88.1 cm³/mol. The van der Waals surface area contributed by atoms with E-state index in [9.17, 15) is 9.18 Å². The van der Waals surface area contributed by atoms with Crippen LogP contribution in [0.2, 0.25) is 0 Å². The summed E-state index contributed by atoms with van der Waals surface area (Å²) in [6.45, 7) is 3.15. The van der Waals surface area contributed by atoms with Crippen LogP contribution in [0.5, 0.6) is 0 Å². The Morgan fingerprint density at radius 2 is 2.22 bits per heavy atom. The molecule has 3 aromatic rings. The van der Waals surface area contributed by atoms with Crippen LogP contribution in [-0.2, 0) is 6.54 Å². The summed E-state index contributed by atoms with van der Waals surface area (Å²) >= 11 is 1.55. The second-order valence-corrected chi connectivity index (χ2v) is 6.14. The summed E-state index contributed by atoms with van der Waals surface area (Å²) in [5, 5.41) is 11.2. The first-order chi connectivity index (χ1) is 11.1. The fraction of sp³-hybridized carbons (Fsp3) is 0.267. The highest BCUT2D eigenvalue weighted by molar-refractivity contribution is 7.99. The molecule has 0 saturated heterocycles. The van der Waals surface area contributed by atoms with E-state index in [0.29, 0.717) is 17.4 Å². The van der Waals surface area contributed by atoms with Gasteiger partial charge in [-0.3, -0.25) is 9.89 Å². The van der Waals surface area contributed by atoms with Crippen LogP contribution < -0.4 is 10.7 Å². The van der Waals surface area contributed by atoms with E-state index >= 15 is 0 Å². The molecule has 0 radical (unpaired) electrons. The number of aromatic nitrogens is 4. The van der Waals surface area contributed by atoms with Gasteiger partial charge in [-0.1, -0.05) is 11.8 Å². The highest BCUT2D eigenvalue weighted by Gasteiger charge is 2.04. The topological polar surface area (TPSA) is 86.5 Å². The lowest BCUT2D eigenvalue weighted by atomic mass is 10.2. The Labute approximate surface area is 135 Å². The zero-order chi connectivity index (χ0) is 16.2. The third-order valence-corrected chi connectivity index (χ3v) is 4.10. The van der Waals surface area contributed by atoms with Crippen LogP contribution in [0.15, 0.2) is 34.2 Å². The summed E-state index contributed by atoms with van der Waals surface area (Å²) in [6, 6.07) is 5.67. The summed E-state index contributed by atoms with van der Waals surface area (Å²) in [5.74, 6) is 1.21. The molecule has 0 fully saturated rings. The van der Waals surface area contributed by atoms with Gasteiger partial charge in [0, 0.05) is 41.5 Å². The standard InChI is InChI=1S/C15H16FN5OS/c1-9-18-15(21-20-9)23-5-4-17-8-11-7-14(22)12-6-10(16)2-3-13(12)19-11/h2-3,6-7,17H,4-5,8H2,1H3,(H,19,22)(H,18,20,21). The van der Waals surface area contributed by atoms with Gasteiger partial charge in [-0.2, -0.15) is 0 Å². The third kappa shape index (κ3) is 3.96. The lowest BCUT2D eigenvalue weighted by Gasteiger charge is -2.06. The quantitative estimate of drug-likeness (QED) is 0.474. The number of pyridine rings is 1. The van der Waals surface area contributed by atoms with Crippen LogP contribution in [0.4, 0.5) is 4.39 Å². The van der Waals surface area contributed by atoms with E-state index in [4.69, 9.17) is 0 Å². The Balaban J connectivity index is 1.55. The highest BCUT2D eigenvalue weighted by atomic mass is 32.2. The van der Waals surface area contributed by atoms with Crippen molar-refractivity contribution < 1.29 is 4.39 Å². The number of H-pyrrole nitrogens is 2. The van der Waals surface area contributed by atoms with Crippen LogP contribution >= 0.6 is 11.8 Å². The number of rotatable bonds is 6. The zero-order valence-corrected chi connectivity index (χ0v) is 13.3. The van der Waals surface area contributed by atoms with E-state index < -0.39 is 5.82 Å². The molecule has 0 amide bonds. The number of halogens is 1. The second kappa shape index (κ2) is 6.93. The lowest BCUT2D eigenvalue weighted by molar-refractivity contribution is 0.629. The van der Waals surface area contributed by atoms with Crippen molar-refractivity contribution in [3.8, 4) is 0 Å². The Hall–Kier alpha value is -2.19. The highest BCUT2D eigenvalue weighted by Crippen LogP contribution is 2.11. The van der Waals surface area contributed by atoms with E-state index in [0.717, 1.165) is 29.0 Å². The van der Waals surface area contributed by atoms with Crippen LogP contribution in [0.1, 0.15) is 11.5 Å². The lowest BCUT2D eigenvalue weighted by Crippen LogP contribution is -2.19. The number of thioether (sulfide) groups is 1. The number of hydrogen-bond donors (Lipinski definition) is 3. The monoisotopic (exact) mass is 333 g/mol. The number of nitrogens with one attached hydrogen (secondary N) is 3. The number of hydrogen-bond acceptors (Lipinski definition) is 5. The zero-order valence-electron chi connectivity index (χ0n) is 12.5. The number of aryl methyl sites for hydroxylation is 1. The van der Waals surface area contributed by atoms with E-state index in [-0.39, 0.29) is 5.43 Å². The molecule has 0 spiro atoms. The molecule has 0 atom stereocenters. The van der Waals surface area contributed by atoms with Crippen LogP contribution in [0, 0.1) is 12.7 Å². The van der Waals surface area contributed by atoms with Crippen molar-refractivity contribution in [1.29, 1.82) is 0 Å². The predicted octanol–water partition coefficient (Wildman–Crippen LogP) is 1.98. The molecule has 3 rings (SSSR count). The first-order valence-electron chi connectivity index (χ1n) is 7.16. The average molecular weight is 333 g/mol. The van der Waals surface area contributed by atoms with Crippen molar-refractivity contribution in [2.24, 2.45) is 0 Å². The van der Waals surface area contributed by atoms with Crippen molar-refractivity contribution >= 4 is 22.7 Å². The van der Waals surface area contributed by atoms with Gasteiger partial charge in [-0.15, -0.1) is 5.10 Å². The van der Waals surface area contributed by atoms with Crippen molar-refractivity contribution in [2.45, 2.75) is 18.6 Å². The smallest absolute Gasteiger partial charge is 0.208 e. The van der Waals surface area contributed by atoms with Gasteiger partial charge in [-0.25, -0.2) is 9.37 Å². The molecule has 2 aromatic heterocycles. The number of fused-ring (bicyclic) bond motifs is 1. The fourth-order valence-corrected chi connectivity index (χ4v) is 2.93. The Kier molecular flexibility index (Phi) is 4.73. The maximum Gasteiger partial charge on any atom is 0.208 e. The molecular weight excluding hydrogens is 317 g/mol. The van der Waals surface area contributed by atoms with Gasteiger partial charge in [0.25, 0.3) is 0 Å². The summed E-state index contributed by atoms with van der Waals surface area (Å²) in [5.41, 5.74) is 1.23. The Morgan fingerprint density at radius 3 is 3.00 bits per heavy atom. The summed E-state index contributed by atoms with van der Waals surface area (Å²) in [6.07, 6.45) is 0. The van der Waals surface area contributed by atoms with Crippen LogP contribution in [0.25, 0.3) is 10.9 Å². The molecule has 0 bridgehead atoms. The molecule has 0 saturated carbocycles.